The molecule has 0 atom stereocenters. The summed E-state index contributed by atoms with van der Waals surface area (Å²) in [6.45, 7) is 0. The Labute approximate surface area is 301 Å². The number of rotatable bonds is 7. The molecular formula is C46H32N6. The van der Waals surface area contributed by atoms with Crippen LogP contribution in [0.3, 0.4) is 0 Å². The molecule has 0 aliphatic carbocycles. The molecule has 6 nitrogen and oxygen atoms in total. The van der Waals surface area contributed by atoms with Crippen molar-refractivity contribution in [3.8, 4) is 73.5 Å². The first-order valence-electron chi connectivity index (χ1n) is 17.2. The zero-order valence-corrected chi connectivity index (χ0v) is 28.1. The van der Waals surface area contributed by atoms with Crippen molar-refractivity contribution in [2.24, 2.45) is 0 Å². The number of nitrogens with two attached hydrogens (primary N) is 1. The normalized spacial score (nSPS) is 11.2. The fourth-order valence-corrected chi connectivity index (χ4v) is 6.59. The number of benzene rings is 7. The van der Waals surface area contributed by atoms with Crippen LogP contribution in [-0.4, -0.2) is 24.5 Å². The maximum atomic E-state index is 5.96. The number of hydrogen-bond acceptors (Lipinski definition) is 5. The van der Waals surface area contributed by atoms with Crippen molar-refractivity contribution >= 4 is 16.7 Å². The van der Waals surface area contributed by atoms with Crippen molar-refractivity contribution in [3.05, 3.63) is 182 Å². The van der Waals surface area contributed by atoms with E-state index in [0.717, 1.165) is 72.7 Å². The number of imidazole rings is 1. The highest BCUT2D eigenvalue weighted by atomic mass is 15.1. The van der Waals surface area contributed by atoms with Crippen LogP contribution in [0.2, 0.25) is 0 Å². The van der Waals surface area contributed by atoms with Gasteiger partial charge in [-0.05, 0) is 70.8 Å². The van der Waals surface area contributed by atoms with E-state index >= 15 is 0 Å². The first-order chi connectivity index (χ1) is 25.7. The van der Waals surface area contributed by atoms with E-state index < -0.39 is 0 Å². The van der Waals surface area contributed by atoms with Crippen LogP contribution in [0.4, 0.5) is 5.69 Å². The zero-order chi connectivity index (χ0) is 34.9. The van der Waals surface area contributed by atoms with Crippen LogP contribution in [0.25, 0.3) is 84.5 Å². The third-order valence-electron chi connectivity index (χ3n) is 9.18. The minimum atomic E-state index is 0.603. The van der Waals surface area contributed by atoms with E-state index in [-0.39, 0.29) is 0 Å². The summed E-state index contributed by atoms with van der Waals surface area (Å²) in [7, 11) is 0. The van der Waals surface area contributed by atoms with Crippen molar-refractivity contribution in [3.63, 3.8) is 0 Å². The van der Waals surface area contributed by atoms with Gasteiger partial charge in [0.2, 0.25) is 0 Å². The van der Waals surface area contributed by atoms with Crippen LogP contribution in [0, 0.1) is 0 Å². The molecule has 0 unspecified atom stereocenters. The molecule has 0 amide bonds. The van der Waals surface area contributed by atoms with Crippen molar-refractivity contribution in [2.75, 3.05) is 5.73 Å². The lowest BCUT2D eigenvalue weighted by Gasteiger charge is -2.13. The molecule has 0 saturated heterocycles. The van der Waals surface area contributed by atoms with E-state index in [4.69, 9.17) is 25.7 Å². The molecule has 2 heterocycles. The third kappa shape index (κ3) is 5.99. The molecule has 0 aliphatic rings. The summed E-state index contributed by atoms with van der Waals surface area (Å²) in [6.07, 6.45) is 0. The monoisotopic (exact) mass is 668 g/mol. The van der Waals surface area contributed by atoms with E-state index in [9.17, 15) is 0 Å². The fraction of sp³-hybridized carbons (Fsp3) is 0. The zero-order valence-electron chi connectivity index (χ0n) is 28.1. The molecule has 0 saturated carbocycles. The number of nitrogens with zero attached hydrogens (tertiary/aromatic N) is 5. The topological polar surface area (TPSA) is 82.5 Å². The number of anilines is 1. The van der Waals surface area contributed by atoms with E-state index in [1.807, 2.05) is 91.0 Å². The standard InChI is InChI=1S/C46H32N6/c47-39-26-24-31(25-27-39)34-16-9-19-37(28-34)44-49-43(32-12-3-1-4-13-32)50-45(51-44)38-20-10-17-35(29-38)36-18-11-21-40(30-36)52-42-23-8-7-22-41(42)48-46(52)33-14-5-2-6-15-33/h1-30H,47H2. The van der Waals surface area contributed by atoms with Crippen LogP contribution in [0.15, 0.2) is 182 Å². The SMILES string of the molecule is Nc1ccc(-c2cccc(-c3nc(-c4ccccc4)nc(-c4cccc(-c5cccc(-n6c(-c7ccccc7)nc7ccccc76)c5)c4)n3)c2)cc1. The van der Waals surface area contributed by atoms with E-state index in [1.165, 1.54) is 0 Å². The molecule has 2 aromatic heterocycles. The fourth-order valence-electron chi connectivity index (χ4n) is 6.59. The third-order valence-corrected chi connectivity index (χ3v) is 9.18. The summed E-state index contributed by atoms with van der Waals surface area (Å²) in [5.41, 5.74) is 17.8. The van der Waals surface area contributed by atoms with E-state index in [1.54, 1.807) is 0 Å². The number of aromatic nitrogens is 5. The van der Waals surface area contributed by atoms with Crippen molar-refractivity contribution in [1.82, 2.24) is 24.5 Å². The molecule has 6 heteroatoms. The second kappa shape index (κ2) is 13.3. The Bertz CT molecular complexity index is 2680. The van der Waals surface area contributed by atoms with Gasteiger partial charge in [-0.25, -0.2) is 19.9 Å². The highest BCUT2D eigenvalue weighted by molar-refractivity contribution is 5.84. The van der Waals surface area contributed by atoms with Gasteiger partial charge in [0.25, 0.3) is 0 Å². The largest absolute Gasteiger partial charge is 0.399 e. The summed E-state index contributed by atoms with van der Waals surface area (Å²) in [5, 5.41) is 0. The average molecular weight is 669 g/mol. The van der Waals surface area contributed by atoms with Crippen molar-refractivity contribution in [2.45, 2.75) is 0 Å². The van der Waals surface area contributed by atoms with Crippen molar-refractivity contribution in [1.29, 1.82) is 0 Å². The van der Waals surface area contributed by atoms with Gasteiger partial charge in [-0.15, -0.1) is 0 Å². The lowest BCUT2D eigenvalue weighted by Crippen LogP contribution is -2.00. The maximum absolute atomic E-state index is 5.96. The van der Waals surface area contributed by atoms with Gasteiger partial charge in [0, 0.05) is 33.6 Å². The summed E-state index contributed by atoms with van der Waals surface area (Å²) in [5.74, 6) is 2.73. The minimum absolute atomic E-state index is 0.603. The highest BCUT2D eigenvalue weighted by Gasteiger charge is 2.16. The molecule has 0 fully saturated rings. The molecule has 246 valence electrons. The smallest absolute Gasteiger partial charge is 0.164 e. The van der Waals surface area contributed by atoms with Crippen LogP contribution in [-0.2, 0) is 0 Å². The van der Waals surface area contributed by atoms with Gasteiger partial charge >= 0.3 is 0 Å². The lowest BCUT2D eigenvalue weighted by atomic mass is 10.0. The Morgan fingerprint density at radius 3 is 1.48 bits per heavy atom. The van der Waals surface area contributed by atoms with Gasteiger partial charge in [-0.1, -0.05) is 133 Å². The lowest BCUT2D eigenvalue weighted by molar-refractivity contribution is 1.07. The first-order valence-corrected chi connectivity index (χ1v) is 17.2. The predicted molar refractivity (Wildman–Crippen MR) is 211 cm³/mol. The summed E-state index contributed by atoms with van der Waals surface area (Å²) in [6, 6.07) is 61.8. The molecule has 0 bridgehead atoms. The van der Waals surface area contributed by atoms with Gasteiger partial charge in [-0.3, -0.25) is 4.57 Å². The minimum Gasteiger partial charge on any atom is -0.399 e. The summed E-state index contributed by atoms with van der Waals surface area (Å²) < 4.78 is 2.24. The van der Waals surface area contributed by atoms with E-state index in [2.05, 4.69) is 95.6 Å². The Hall–Kier alpha value is -7.18. The number of nitrogen functional groups attached to an aromatic ring is 1. The number of hydrogen-bond donors (Lipinski definition) is 1. The summed E-state index contributed by atoms with van der Waals surface area (Å²) in [4.78, 5) is 20.1. The Morgan fingerprint density at radius 2 is 0.827 bits per heavy atom. The average Bonchev–Trinajstić information content (AvgIpc) is 3.62. The molecular weight excluding hydrogens is 637 g/mol. The Morgan fingerprint density at radius 1 is 0.346 bits per heavy atom. The number of para-hydroxylation sites is 2. The van der Waals surface area contributed by atoms with Gasteiger partial charge in [-0.2, -0.15) is 0 Å². The number of fused-ring (bicyclic) bond motifs is 1. The molecule has 9 aromatic rings. The molecule has 2 N–H and O–H groups in total. The second-order valence-electron chi connectivity index (χ2n) is 12.6. The highest BCUT2D eigenvalue weighted by Crippen LogP contribution is 2.33. The summed E-state index contributed by atoms with van der Waals surface area (Å²) >= 11 is 0. The predicted octanol–water partition coefficient (Wildman–Crippen LogP) is 10.8. The van der Waals surface area contributed by atoms with Gasteiger partial charge in [0.1, 0.15) is 5.82 Å². The van der Waals surface area contributed by atoms with Crippen molar-refractivity contribution < 1.29 is 0 Å². The van der Waals surface area contributed by atoms with Gasteiger partial charge in [0.05, 0.1) is 11.0 Å². The molecule has 0 radical (unpaired) electrons. The maximum Gasteiger partial charge on any atom is 0.164 e. The Kier molecular flexibility index (Phi) is 7.87. The second-order valence-corrected chi connectivity index (χ2v) is 12.6. The molecule has 0 spiro atoms. The van der Waals surface area contributed by atoms with Gasteiger partial charge < -0.3 is 5.73 Å². The van der Waals surface area contributed by atoms with Gasteiger partial charge in [0.15, 0.2) is 17.5 Å². The van der Waals surface area contributed by atoms with Crippen LogP contribution < -0.4 is 5.73 Å². The molecule has 9 rings (SSSR count). The van der Waals surface area contributed by atoms with E-state index in [0.29, 0.717) is 17.5 Å². The Balaban J connectivity index is 1.14. The molecule has 52 heavy (non-hydrogen) atoms. The van der Waals surface area contributed by atoms with Crippen LogP contribution in [0.1, 0.15) is 0 Å². The molecule has 7 aromatic carbocycles. The molecule has 0 aliphatic heterocycles. The van der Waals surface area contributed by atoms with Crippen LogP contribution >= 0.6 is 0 Å². The quantitative estimate of drug-likeness (QED) is 0.171. The first kappa shape index (κ1) is 30.8. The van der Waals surface area contributed by atoms with Crippen LogP contribution in [0.5, 0.6) is 0 Å².